The predicted molar refractivity (Wildman–Crippen MR) is 68.1 cm³/mol. The standard InChI is InChI=1S/C12H18N2O4S/c15-11-3-6-13(9-4-7-19(17,18)8-9)12(16)10-2-1-5-14(10)11/h9-10H,1-8H2. The van der Waals surface area contributed by atoms with Gasteiger partial charge in [0.2, 0.25) is 11.8 Å². The van der Waals surface area contributed by atoms with Gasteiger partial charge in [-0.3, -0.25) is 9.59 Å². The van der Waals surface area contributed by atoms with Gasteiger partial charge in [0, 0.05) is 25.6 Å². The van der Waals surface area contributed by atoms with E-state index in [2.05, 4.69) is 0 Å². The topological polar surface area (TPSA) is 74.8 Å². The number of fused-ring (bicyclic) bond motifs is 1. The van der Waals surface area contributed by atoms with E-state index >= 15 is 0 Å². The van der Waals surface area contributed by atoms with E-state index in [1.165, 1.54) is 0 Å². The molecular weight excluding hydrogens is 268 g/mol. The average molecular weight is 286 g/mol. The van der Waals surface area contributed by atoms with Crippen LogP contribution in [0.1, 0.15) is 25.7 Å². The van der Waals surface area contributed by atoms with Gasteiger partial charge in [-0.1, -0.05) is 0 Å². The van der Waals surface area contributed by atoms with E-state index in [4.69, 9.17) is 0 Å². The molecule has 3 aliphatic heterocycles. The van der Waals surface area contributed by atoms with Crippen LogP contribution in [-0.2, 0) is 19.4 Å². The zero-order valence-corrected chi connectivity index (χ0v) is 11.6. The first kappa shape index (κ1) is 12.9. The number of sulfone groups is 1. The summed E-state index contributed by atoms with van der Waals surface area (Å²) in [5.74, 6) is 0.188. The van der Waals surface area contributed by atoms with Crippen LogP contribution in [0.2, 0.25) is 0 Å². The molecule has 3 aliphatic rings. The Morgan fingerprint density at radius 2 is 1.84 bits per heavy atom. The Morgan fingerprint density at radius 1 is 1.05 bits per heavy atom. The fraction of sp³-hybridized carbons (Fsp3) is 0.833. The maximum atomic E-state index is 12.5. The Morgan fingerprint density at radius 3 is 2.53 bits per heavy atom. The smallest absolute Gasteiger partial charge is 0.245 e. The number of amides is 2. The molecule has 7 heteroatoms. The Hall–Kier alpha value is -1.11. The van der Waals surface area contributed by atoms with Crippen molar-refractivity contribution < 1.29 is 18.0 Å². The first-order valence-electron chi connectivity index (χ1n) is 6.78. The molecule has 3 heterocycles. The summed E-state index contributed by atoms with van der Waals surface area (Å²) in [4.78, 5) is 27.8. The summed E-state index contributed by atoms with van der Waals surface area (Å²) < 4.78 is 23.1. The summed E-state index contributed by atoms with van der Waals surface area (Å²) in [7, 11) is -3.01. The van der Waals surface area contributed by atoms with Crippen molar-refractivity contribution in [2.45, 2.75) is 37.8 Å². The second-order valence-corrected chi connectivity index (χ2v) is 7.81. The molecule has 3 fully saturated rings. The van der Waals surface area contributed by atoms with Crippen molar-refractivity contribution in [1.29, 1.82) is 0 Å². The highest BCUT2D eigenvalue weighted by Crippen LogP contribution is 2.27. The third-order valence-electron chi connectivity index (χ3n) is 4.36. The lowest BCUT2D eigenvalue weighted by atomic mass is 10.1. The zero-order valence-electron chi connectivity index (χ0n) is 10.7. The van der Waals surface area contributed by atoms with Crippen LogP contribution in [-0.4, -0.2) is 66.7 Å². The molecule has 0 radical (unpaired) electrons. The number of nitrogens with zero attached hydrogens (tertiary/aromatic N) is 2. The minimum absolute atomic E-state index is 0.0270. The molecule has 0 spiro atoms. The minimum atomic E-state index is -3.01. The van der Waals surface area contributed by atoms with Crippen molar-refractivity contribution in [2.24, 2.45) is 0 Å². The average Bonchev–Trinajstić information content (AvgIpc) is 2.93. The normalized spacial score (nSPS) is 34.5. The molecule has 2 unspecified atom stereocenters. The number of carbonyl (C=O) groups is 2. The Bertz CT molecular complexity index is 516. The van der Waals surface area contributed by atoms with Crippen molar-refractivity contribution in [3.05, 3.63) is 0 Å². The Balaban J connectivity index is 1.82. The largest absolute Gasteiger partial charge is 0.336 e. The van der Waals surface area contributed by atoms with Gasteiger partial charge < -0.3 is 9.80 Å². The van der Waals surface area contributed by atoms with E-state index in [0.717, 1.165) is 6.42 Å². The highest BCUT2D eigenvalue weighted by molar-refractivity contribution is 7.91. The quantitative estimate of drug-likeness (QED) is 0.645. The molecule has 6 nitrogen and oxygen atoms in total. The molecule has 106 valence electrons. The first-order valence-corrected chi connectivity index (χ1v) is 8.60. The SMILES string of the molecule is O=C1C2CCCN2C(=O)CCN1C1CCS(=O)(=O)C1. The summed E-state index contributed by atoms with van der Waals surface area (Å²) in [6.07, 6.45) is 2.40. The van der Waals surface area contributed by atoms with Gasteiger partial charge in [0.05, 0.1) is 11.5 Å². The van der Waals surface area contributed by atoms with Gasteiger partial charge in [-0.05, 0) is 19.3 Å². The summed E-state index contributed by atoms with van der Waals surface area (Å²) in [6.45, 7) is 1.02. The molecule has 0 aromatic rings. The summed E-state index contributed by atoms with van der Waals surface area (Å²) in [5.41, 5.74) is 0. The Kier molecular flexibility index (Phi) is 3.03. The molecule has 3 saturated heterocycles. The van der Waals surface area contributed by atoms with Crippen LogP contribution >= 0.6 is 0 Å². The van der Waals surface area contributed by atoms with Crippen molar-refractivity contribution in [3.63, 3.8) is 0 Å². The number of carbonyl (C=O) groups excluding carboxylic acids is 2. The van der Waals surface area contributed by atoms with E-state index in [1.54, 1.807) is 9.80 Å². The number of hydrogen-bond donors (Lipinski definition) is 0. The van der Waals surface area contributed by atoms with E-state index in [1.807, 2.05) is 0 Å². The lowest BCUT2D eigenvalue weighted by Crippen LogP contribution is -2.48. The maximum Gasteiger partial charge on any atom is 0.245 e. The van der Waals surface area contributed by atoms with E-state index in [9.17, 15) is 18.0 Å². The van der Waals surface area contributed by atoms with Gasteiger partial charge in [0.1, 0.15) is 6.04 Å². The second kappa shape index (κ2) is 4.47. The van der Waals surface area contributed by atoms with Crippen LogP contribution in [0.25, 0.3) is 0 Å². The van der Waals surface area contributed by atoms with E-state index in [-0.39, 0.29) is 35.4 Å². The highest BCUT2D eigenvalue weighted by atomic mass is 32.2. The van der Waals surface area contributed by atoms with Gasteiger partial charge in [0.15, 0.2) is 9.84 Å². The van der Waals surface area contributed by atoms with Crippen LogP contribution in [0.3, 0.4) is 0 Å². The van der Waals surface area contributed by atoms with Gasteiger partial charge in [-0.2, -0.15) is 0 Å². The molecule has 19 heavy (non-hydrogen) atoms. The van der Waals surface area contributed by atoms with Gasteiger partial charge in [0.25, 0.3) is 0 Å². The molecule has 2 amide bonds. The van der Waals surface area contributed by atoms with E-state index < -0.39 is 9.84 Å². The molecule has 0 bridgehead atoms. The van der Waals surface area contributed by atoms with Crippen LogP contribution < -0.4 is 0 Å². The number of hydrogen-bond acceptors (Lipinski definition) is 4. The molecule has 0 N–H and O–H groups in total. The summed E-state index contributed by atoms with van der Waals surface area (Å²) in [6, 6.07) is -0.579. The molecule has 0 aromatic carbocycles. The maximum absolute atomic E-state index is 12.5. The minimum Gasteiger partial charge on any atom is -0.336 e. The first-order chi connectivity index (χ1) is 8.98. The second-order valence-electron chi connectivity index (χ2n) is 5.58. The van der Waals surface area contributed by atoms with Crippen LogP contribution in [0.5, 0.6) is 0 Å². The molecule has 0 saturated carbocycles. The van der Waals surface area contributed by atoms with Crippen molar-refractivity contribution in [2.75, 3.05) is 24.6 Å². The highest BCUT2D eigenvalue weighted by Gasteiger charge is 2.43. The Labute approximate surface area is 112 Å². The molecule has 0 aliphatic carbocycles. The monoisotopic (exact) mass is 286 g/mol. The fourth-order valence-electron chi connectivity index (χ4n) is 3.37. The van der Waals surface area contributed by atoms with Crippen LogP contribution in [0, 0.1) is 0 Å². The third kappa shape index (κ3) is 2.24. The summed E-state index contributed by atoms with van der Waals surface area (Å²) >= 11 is 0. The van der Waals surface area contributed by atoms with Gasteiger partial charge in [-0.15, -0.1) is 0 Å². The lowest BCUT2D eigenvalue weighted by molar-refractivity contribution is -0.140. The lowest BCUT2D eigenvalue weighted by Gasteiger charge is -2.29. The predicted octanol–water partition coefficient (Wildman–Crippen LogP) is -0.603. The molecule has 3 rings (SSSR count). The van der Waals surface area contributed by atoms with Crippen LogP contribution in [0.4, 0.5) is 0 Å². The third-order valence-corrected chi connectivity index (χ3v) is 6.11. The number of rotatable bonds is 1. The molecule has 0 aromatic heterocycles. The van der Waals surface area contributed by atoms with E-state index in [0.29, 0.717) is 32.4 Å². The van der Waals surface area contributed by atoms with Gasteiger partial charge >= 0.3 is 0 Å². The van der Waals surface area contributed by atoms with Gasteiger partial charge in [-0.25, -0.2) is 8.42 Å². The van der Waals surface area contributed by atoms with Crippen LogP contribution in [0.15, 0.2) is 0 Å². The zero-order chi connectivity index (χ0) is 13.6. The van der Waals surface area contributed by atoms with Crippen molar-refractivity contribution in [1.82, 2.24) is 9.80 Å². The molecule has 2 atom stereocenters. The molecular formula is C12H18N2O4S. The summed E-state index contributed by atoms with van der Waals surface area (Å²) in [5, 5.41) is 0. The fourth-order valence-corrected chi connectivity index (χ4v) is 5.10. The van der Waals surface area contributed by atoms with Crippen molar-refractivity contribution >= 4 is 21.7 Å². The van der Waals surface area contributed by atoms with Crippen molar-refractivity contribution in [3.8, 4) is 0 Å².